The van der Waals surface area contributed by atoms with Gasteiger partial charge in [0.15, 0.2) is 0 Å². The quantitative estimate of drug-likeness (QED) is 0.536. The number of hydrogen-bond donors (Lipinski definition) is 2. The van der Waals surface area contributed by atoms with Gasteiger partial charge in [0.1, 0.15) is 5.67 Å². The largest absolute Gasteiger partial charge is 0.329 e. The Morgan fingerprint density at radius 1 is 1.03 bits per heavy atom. The Balaban J connectivity index is 1.67. The first kappa shape index (κ1) is 21.1. The summed E-state index contributed by atoms with van der Waals surface area (Å²) in [4.78, 5) is 14.9. The number of sulfonamides is 1. The maximum atomic E-state index is 15.2. The van der Waals surface area contributed by atoms with E-state index in [1.807, 2.05) is 24.3 Å². The number of aromatic amines is 1. The normalized spacial score (nSPS) is 15.5. The second-order valence-corrected chi connectivity index (χ2v) is 9.65. The molecule has 0 radical (unpaired) electrons. The van der Waals surface area contributed by atoms with Crippen LogP contribution in [0.2, 0.25) is 0 Å². The minimum atomic E-state index is -3.33. The molecule has 7 heteroatoms. The monoisotopic (exact) mass is 438 g/mol. The Morgan fingerprint density at radius 2 is 1.74 bits per heavy atom. The topological polar surface area (TPSA) is 79.0 Å². The standard InChI is InChI=1S/C24H23FN2O3S/c1-31(29,30)27-21-9-7-17(8-10-21)5-6-18-14-19(22-4-2-13-26-23(22)28)16-20(15-18)24(25)11-3-12-24/h2,4-10,13-16,27H,3,11-12H2,1H3,(H,26,28)/b6-5+. The lowest BCUT2D eigenvalue weighted by atomic mass is 9.75. The first-order valence-electron chi connectivity index (χ1n) is 10.0. The highest BCUT2D eigenvalue weighted by Gasteiger charge is 2.39. The molecule has 0 aliphatic heterocycles. The number of alkyl halides is 1. The van der Waals surface area contributed by atoms with Gasteiger partial charge in [0.25, 0.3) is 5.56 Å². The number of hydrogen-bond acceptors (Lipinski definition) is 3. The van der Waals surface area contributed by atoms with Gasteiger partial charge >= 0.3 is 0 Å². The highest BCUT2D eigenvalue weighted by Crippen LogP contribution is 2.46. The smallest absolute Gasteiger partial charge is 0.255 e. The van der Waals surface area contributed by atoms with Crippen LogP contribution in [0.3, 0.4) is 0 Å². The third-order valence-electron chi connectivity index (χ3n) is 5.43. The van der Waals surface area contributed by atoms with Crippen LogP contribution < -0.4 is 10.3 Å². The molecule has 1 saturated carbocycles. The van der Waals surface area contributed by atoms with E-state index in [9.17, 15) is 13.2 Å². The predicted molar refractivity (Wildman–Crippen MR) is 123 cm³/mol. The fraction of sp³-hybridized carbons (Fsp3) is 0.208. The van der Waals surface area contributed by atoms with Gasteiger partial charge in [-0.05, 0) is 84.0 Å². The predicted octanol–water partition coefficient (Wildman–Crippen LogP) is 4.93. The Hall–Kier alpha value is -3.19. The van der Waals surface area contributed by atoms with Gasteiger partial charge in [-0.1, -0.05) is 24.3 Å². The van der Waals surface area contributed by atoms with Crippen LogP contribution in [0.25, 0.3) is 23.3 Å². The molecule has 4 rings (SSSR count). The van der Waals surface area contributed by atoms with E-state index in [1.54, 1.807) is 48.7 Å². The Labute approximate surface area is 180 Å². The van der Waals surface area contributed by atoms with Gasteiger partial charge < -0.3 is 4.98 Å². The summed E-state index contributed by atoms with van der Waals surface area (Å²) in [6.07, 6.45) is 8.23. The molecule has 0 bridgehead atoms. The Morgan fingerprint density at radius 3 is 2.35 bits per heavy atom. The van der Waals surface area contributed by atoms with Crippen LogP contribution in [0.4, 0.5) is 10.1 Å². The van der Waals surface area contributed by atoms with Crippen molar-refractivity contribution in [3.63, 3.8) is 0 Å². The van der Waals surface area contributed by atoms with Crippen molar-refractivity contribution in [2.24, 2.45) is 0 Å². The van der Waals surface area contributed by atoms with Gasteiger partial charge in [0, 0.05) is 17.4 Å². The van der Waals surface area contributed by atoms with Crippen LogP contribution in [-0.2, 0) is 15.7 Å². The summed E-state index contributed by atoms with van der Waals surface area (Å²) in [5, 5.41) is 0. The summed E-state index contributed by atoms with van der Waals surface area (Å²) in [6.45, 7) is 0. The van der Waals surface area contributed by atoms with E-state index in [2.05, 4.69) is 9.71 Å². The molecule has 0 saturated heterocycles. The molecule has 2 aromatic carbocycles. The molecule has 31 heavy (non-hydrogen) atoms. The van der Waals surface area contributed by atoms with Gasteiger partial charge in [-0.2, -0.15) is 0 Å². The maximum Gasteiger partial charge on any atom is 0.255 e. The molecule has 0 amide bonds. The number of rotatable bonds is 6. The Kier molecular flexibility index (Phi) is 5.54. The zero-order valence-corrected chi connectivity index (χ0v) is 17.9. The third kappa shape index (κ3) is 4.94. The number of anilines is 1. The van der Waals surface area contributed by atoms with Crippen LogP contribution in [0.5, 0.6) is 0 Å². The molecule has 1 heterocycles. The lowest BCUT2D eigenvalue weighted by Gasteiger charge is -2.34. The van der Waals surface area contributed by atoms with Crippen molar-refractivity contribution in [1.29, 1.82) is 0 Å². The zero-order valence-electron chi connectivity index (χ0n) is 17.1. The number of halogens is 1. The van der Waals surface area contributed by atoms with Crippen LogP contribution >= 0.6 is 0 Å². The molecule has 0 atom stereocenters. The minimum Gasteiger partial charge on any atom is -0.329 e. The summed E-state index contributed by atoms with van der Waals surface area (Å²) in [7, 11) is -3.33. The molecule has 0 spiro atoms. The molecular formula is C24H23FN2O3S. The molecule has 1 aliphatic carbocycles. The molecule has 1 aromatic heterocycles. The van der Waals surface area contributed by atoms with Gasteiger partial charge in [0.2, 0.25) is 10.0 Å². The number of H-pyrrole nitrogens is 1. The van der Waals surface area contributed by atoms with Crippen molar-refractivity contribution < 1.29 is 12.8 Å². The molecule has 2 N–H and O–H groups in total. The van der Waals surface area contributed by atoms with E-state index in [-0.39, 0.29) is 5.56 Å². The number of benzene rings is 2. The molecular weight excluding hydrogens is 415 g/mol. The second-order valence-electron chi connectivity index (χ2n) is 7.91. The van der Waals surface area contributed by atoms with Gasteiger partial charge in [-0.15, -0.1) is 0 Å². The average molecular weight is 439 g/mol. The zero-order chi connectivity index (χ0) is 22.1. The van der Waals surface area contributed by atoms with Crippen molar-refractivity contribution in [3.8, 4) is 11.1 Å². The molecule has 1 aliphatic rings. The van der Waals surface area contributed by atoms with Crippen LogP contribution in [-0.4, -0.2) is 19.7 Å². The van der Waals surface area contributed by atoms with Crippen molar-refractivity contribution in [3.05, 3.63) is 87.8 Å². The van der Waals surface area contributed by atoms with E-state index in [0.29, 0.717) is 35.2 Å². The van der Waals surface area contributed by atoms with Crippen molar-refractivity contribution in [1.82, 2.24) is 4.98 Å². The van der Waals surface area contributed by atoms with Crippen molar-refractivity contribution in [2.75, 3.05) is 11.0 Å². The SMILES string of the molecule is CS(=O)(=O)Nc1ccc(/C=C/c2cc(-c3ccc[nH]c3=O)cc(C3(F)CCC3)c2)cc1. The van der Waals surface area contributed by atoms with Crippen molar-refractivity contribution in [2.45, 2.75) is 24.9 Å². The summed E-state index contributed by atoms with van der Waals surface area (Å²) >= 11 is 0. The molecule has 160 valence electrons. The number of pyridine rings is 1. The minimum absolute atomic E-state index is 0.218. The summed E-state index contributed by atoms with van der Waals surface area (Å²) in [5.41, 5.74) is 2.33. The van der Waals surface area contributed by atoms with E-state index in [1.165, 1.54) is 0 Å². The third-order valence-corrected chi connectivity index (χ3v) is 6.04. The lowest BCUT2D eigenvalue weighted by Crippen LogP contribution is -2.28. The van der Waals surface area contributed by atoms with Crippen molar-refractivity contribution >= 4 is 27.9 Å². The molecule has 1 fully saturated rings. The summed E-state index contributed by atoms with van der Waals surface area (Å²) in [5.74, 6) is 0. The van der Waals surface area contributed by atoms with E-state index >= 15 is 4.39 Å². The highest BCUT2D eigenvalue weighted by atomic mass is 32.2. The highest BCUT2D eigenvalue weighted by molar-refractivity contribution is 7.92. The summed E-state index contributed by atoms with van der Waals surface area (Å²) < 4.78 is 40.3. The fourth-order valence-electron chi connectivity index (χ4n) is 3.66. The Bertz CT molecular complexity index is 1290. The average Bonchev–Trinajstić information content (AvgIpc) is 2.70. The van der Waals surface area contributed by atoms with E-state index in [4.69, 9.17) is 0 Å². The number of nitrogens with one attached hydrogen (secondary N) is 2. The molecule has 0 unspecified atom stereocenters. The number of aromatic nitrogens is 1. The van der Waals surface area contributed by atoms with Crippen LogP contribution in [0, 0.1) is 0 Å². The first-order valence-corrected chi connectivity index (χ1v) is 11.9. The van der Waals surface area contributed by atoms with Gasteiger partial charge in [0.05, 0.1) is 6.26 Å². The van der Waals surface area contributed by atoms with Gasteiger partial charge in [-0.3, -0.25) is 9.52 Å². The summed E-state index contributed by atoms with van der Waals surface area (Å²) in [6, 6.07) is 15.9. The fourth-order valence-corrected chi connectivity index (χ4v) is 4.22. The second kappa shape index (κ2) is 8.15. The maximum absolute atomic E-state index is 15.2. The molecule has 5 nitrogen and oxygen atoms in total. The molecule has 3 aromatic rings. The van der Waals surface area contributed by atoms with Gasteiger partial charge in [-0.25, -0.2) is 12.8 Å². The lowest BCUT2D eigenvalue weighted by molar-refractivity contribution is 0.0609. The van der Waals surface area contributed by atoms with E-state index in [0.717, 1.165) is 23.8 Å². The van der Waals surface area contributed by atoms with E-state index < -0.39 is 15.7 Å². The van der Waals surface area contributed by atoms with Crippen LogP contribution in [0.15, 0.2) is 65.6 Å². The first-order chi connectivity index (χ1) is 14.7. The van der Waals surface area contributed by atoms with Crippen LogP contribution in [0.1, 0.15) is 36.0 Å².